The van der Waals surface area contributed by atoms with Crippen molar-refractivity contribution in [1.82, 2.24) is 19.7 Å². The van der Waals surface area contributed by atoms with Gasteiger partial charge in [-0.25, -0.2) is 4.98 Å². The molecule has 0 unspecified atom stereocenters. The van der Waals surface area contributed by atoms with Crippen molar-refractivity contribution in [1.29, 1.82) is 0 Å². The van der Waals surface area contributed by atoms with Crippen LogP contribution in [-0.2, 0) is 11.8 Å². The lowest BCUT2D eigenvalue weighted by molar-refractivity contribution is -0.112. The Kier molecular flexibility index (Phi) is 4.27. The van der Waals surface area contributed by atoms with Crippen LogP contribution in [0.4, 0.5) is 5.69 Å². The number of carbonyl (C=O) groups is 2. The van der Waals surface area contributed by atoms with Crippen LogP contribution in [0.2, 0.25) is 0 Å². The highest BCUT2D eigenvalue weighted by molar-refractivity contribution is 6.47. The van der Waals surface area contributed by atoms with E-state index >= 15 is 0 Å². The van der Waals surface area contributed by atoms with Gasteiger partial charge in [-0.2, -0.15) is 5.10 Å². The van der Waals surface area contributed by atoms with Gasteiger partial charge in [-0.05, 0) is 38.1 Å². The fraction of sp³-hybridized carbons (Fsp3) is 0.143. The molecule has 0 spiro atoms. The number of benzene rings is 2. The van der Waals surface area contributed by atoms with Crippen LogP contribution in [0.15, 0.2) is 48.5 Å². The van der Waals surface area contributed by atoms with E-state index in [-0.39, 0.29) is 0 Å². The highest BCUT2D eigenvalue weighted by Crippen LogP contribution is 2.27. The topological polar surface area (TPSA) is 92.7 Å². The molecule has 0 bridgehead atoms. The standard InChI is InChI=1S/C21H19N5O2/c1-12-18(13(2)26(3)25-12)19(27)21(28)24-15-9-5-4-8-14(15)20-22-16-10-6-7-11-17(16)23-20/h4-11H,1-3H3,(H,22,23)(H,24,28). The van der Waals surface area contributed by atoms with Crippen molar-refractivity contribution in [3.05, 3.63) is 65.5 Å². The molecule has 2 heterocycles. The van der Waals surface area contributed by atoms with E-state index in [1.165, 1.54) is 0 Å². The van der Waals surface area contributed by atoms with Gasteiger partial charge in [0.2, 0.25) is 0 Å². The van der Waals surface area contributed by atoms with Crippen molar-refractivity contribution in [2.45, 2.75) is 13.8 Å². The number of hydrogen-bond donors (Lipinski definition) is 2. The first-order chi connectivity index (χ1) is 13.5. The maximum absolute atomic E-state index is 12.7. The number of Topliss-reactive ketones (excluding diaryl/α,β-unsaturated/α-hetero) is 1. The number of aryl methyl sites for hydroxylation is 2. The molecule has 2 N–H and O–H groups in total. The number of aromatic amines is 1. The molecule has 0 atom stereocenters. The summed E-state index contributed by atoms with van der Waals surface area (Å²) >= 11 is 0. The number of ketones is 1. The number of imidazole rings is 1. The van der Waals surface area contributed by atoms with Crippen molar-refractivity contribution >= 4 is 28.4 Å². The lowest BCUT2D eigenvalue weighted by Crippen LogP contribution is -2.24. The van der Waals surface area contributed by atoms with Gasteiger partial charge >= 0.3 is 0 Å². The van der Waals surface area contributed by atoms with Crippen LogP contribution in [0, 0.1) is 13.8 Å². The summed E-state index contributed by atoms with van der Waals surface area (Å²) in [5.74, 6) is -0.691. The smallest absolute Gasteiger partial charge is 0.296 e. The van der Waals surface area contributed by atoms with E-state index in [9.17, 15) is 9.59 Å². The third-order valence-electron chi connectivity index (χ3n) is 4.76. The lowest BCUT2D eigenvalue weighted by atomic mass is 10.1. The summed E-state index contributed by atoms with van der Waals surface area (Å²) in [6, 6.07) is 14.9. The van der Waals surface area contributed by atoms with Crippen LogP contribution in [0.5, 0.6) is 0 Å². The molecule has 4 rings (SSSR count). The summed E-state index contributed by atoms with van der Waals surface area (Å²) in [5, 5.41) is 6.94. The zero-order valence-electron chi connectivity index (χ0n) is 15.8. The molecular weight excluding hydrogens is 354 g/mol. The molecule has 1 amide bonds. The van der Waals surface area contributed by atoms with Gasteiger partial charge in [-0.15, -0.1) is 0 Å². The van der Waals surface area contributed by atoms with E-state index in [1.54, 1.807) is 37.7 Å². The summed E-state index contributed by atoms with van der Waals surface area (Å²) in [4.78, 5) is 33.2. The van der Waals surface area contributed by atoms with Crippen LogP contribution in [-0.4, -0.2) is 31.4 Å². The quantitative estimate of drug-likeness (QED) is 0.423. The number of H-pyrrole nitrogens is 1. The number of carbonyl (C=O) groups excluding carboxylic acids is 2. The van der Waals surface area contributed by atoms with E-state index in [0.717, 1.165) is 11.0 Å². The normalized spacial score (nSPS) is 11.0. The minimum atomic E-state index is -0.706. The average Bonchev–Trinajstić information content (AvgIpc) is 3.22. The number of rotatable bonds is 4. The summed E-state index contributed by atoms with van der Waals surface area (Å²) < 4.78 is 1.60. The van der Waals surface area contributed by atoms with E-state index in [2.05, 4.69) is 20.4 Å². The summed E-state index contributed by atoms with van der Waals surface area (Å²) in [5.41, 5.74) is 4.47. The van der Waals surface area contributed by atoms with Crippen molar-refractivity contribution in [2.75, 3.05) is 5.32 Å². The molecule has 2 aromatic heterocycles. The number of anilines is 1. The van der Waals surface area contributed by atoms with E-state index in [4.69, 9.17) is 0 Å². The number of hydrogen-bond acceptors (Lipinski definition) is 4. The van der Waals surface area contributed by atoms with Crippen molar-refractivity contribution in [3.8, 4) is 11.4 Å². The average molecular weight is 373 g/mol. The molecule has 28 heavy (non-hydrogen) atoms. The molecule has 140 valence electrons. The highest BCUT2D eigenvalue weighted by Gasteiger charge is 2.24. The SMILES string of the molecule is Cc1nn(C)c(C)c1C(=O)C(=O)Nc1ccccc1-c1nc2ccccc2[nH]1. The van der Waals surface area contributed by atoms with E-state index < -0.39 is 11.7 Å². The number of nitrogens with one attached hydrogen (secondary N) is 2. The second-order valence-electron chi connectivity index (χ2n) is 6.60. The minimum Gasteiger partial charge on any atom is -0.338 e. The lowest BCUT2D eigenvalue weighted by Gasteiger charge is -2.09. The summed E-state index contributed by atoms with van der Waals surface area (Å²) in [6.45, 7) is 3.48. The molecule has 0 fully saturated rings. The largest absolute Gasteiger partial charge is 0.338 e. The monoisotopic (exact) mass is 373 g/mol. The van der Waals surface area contributed by atoms with Gasteiger partial charge in [0, 0.05) is 18.3 Å². The minimum absolute atomic E-state index is 0.334. The van der Waals surface area contributed by atoms with Gasteiger partial charge in [-0.1, -0.05) is 24.3 Å². The van der Waals surface area contributed by atoms with Crippen molar-refractivity contribution in [2.24, 2.45) is 7.05 Å². The van der Waals surface area contributed by atoms with Crippen LogP contribution in [0.3, 0.4) is 0 Å². The number of amides is 1. The maximum atomic E-state index is 12.7. The molecule has 0 aliphatic rings. The first kappa shape index (κ1) is 17.7. The zero-order chi connectivity index (χ0) is 19.8. The molecule has 0 aliphatic heterocycles. The predicted molar refractivity (Wildman–Crippen MR) is 107 cm³/mol. The summed E-state index contributed by atoms with van der Waals surface area (Å²) in [6.07, 6.45) is 0. The molecule has 0 aliphatic carbocycles. The Labute approximate surface area is 161 Å². The first-order valence-corrected chi connectivity index (χ1v) is 8.85. The molecular formula is C21H19N5O2. The van der Waals surface area contributed by atoms with E-state index in [1.807, 2.05) is 36.4 Å². The molecule has 0 saturated carbocycles. The third-order valence-corrected chi connectivity index (χ3v) is 4.76. The number of aromatic nitrogens is 4. The Morgan fingerprint density at radius 2 is 1.75 bits per heavy atom. The summed E-state index contributed by atoms with van der Waals surface area (Å²) in [7, 11) is 1.74. The second-order valence-corrected chi connectivity index (χ2v) is 6.60. The Bertz CT molecular complexity index is 1190. The van der Waals surface area contributed by atoms with Crippen LogP contribution < -0.4 is 5.32 Å². The third kappa shape index (κ3) is 2.96. The van der Waals surface area contributed by atoms with Gasteiger partial charge < -0.3 is 10.3 Å². The van der Waals surface area contributed by atoms with Crippen LogP contribution in [0.25, 0.3) is 22.4 Å². The Balaban J connectivity index is 1.67. The van der Waals surface area contributed by atoms with Crippen molar-refractivity contribution in [3.63, 3.8) is 0 Å². The Morgan fingerprint density at radius 1 is 1.04 bits per heavy atom. The number of para-hydroxylation sites is 3. The molecule has 7 nitrogen and oxygen atoms in total. The van der Waals surface area contributed by atoms with Crippen molar-refractivity contribution < 1.29 is 9.59 Å². The first-order valence-electron chi connectivity index (χ1n) is 8.85. The number of nitrogens with zero attached hydrogens (tertiary/aromatic N) is 3. The second kappa shape index (κ2) is 6.77. The fourth-order valence-corrected chi connectivity index (χ4v) is 3.27. The van der Waals surface area contributed by atoms with Crippen LogP contribution >= 0.6 is 0 Å². The van der Waals surface area contributed by atoms with Gasteiger partial charge in [0.15, 0.2) is 0 Å². The molecule has 7 heteroatoms. The van der Waals surface area contributed by atoms with Crippen LogP contribution in [0.1, 0.15) is 21.7 Å². The Morgan fingerprint density at radius 3 is 2.46 bits per heavy atom. The highest BCUT2D eigenvalue weighted by atomic mass is 16.2. The maximum Gasteiger partial charge on any atom is 0.296 e. The molecule has 4 aromatic rings. The molecule has 0 radical (unpaired) electrons. The zero-order valence-corrected chi connectivity index (χ0v) is 15.8. The van der Waals surface area contributed by atoms with E-state index in [0.29, 0.717) is 34.0 Å². The fourth-order valence-electron chi connectivity index (χ4n) is 3.27. The molecule has 0 saturated heterocycles. The van der Waals surface area contributed by atoms with Gasteiger partial charge in [0.05, 0.1) is 28.0 Å². The number of fused-ring (bicyclic) bond motifs is 1. The van der Waals surface area contributed by atoms with Gasteiger partial charge in [0.1, 0.15) is 5.82 Å². The van der Waals surface area contributed by atoms with Gasteiger partial charge in [0.25, 0.3) is 11.7 Å². The molecule has 2 aromatic carbocycles. The van der Waals surface area contributed by atoms with Gasteiger partial charge in [-0.3, -0.25) is 14.3 Å². The Hall–Kier alpha value is -3.74. The predicted octanol–water partition coefficient (Wildman–Crippen LogP) is 3.40.